The number of hydrogen-bond donors (Lipinski definition) is 1. The molecule has 0 fully saturated rings. The Balaban J connectivity index is 1.70. The average Bonchev–Trinajstić information content (AvgIpc) is 3.42. The summed E-state index contributed by atoms with van der Waals surface area (Å²) >= 11 is 6.08. The van der Waals surface area contributed by atoms with Crippen LogP contribution in [0.5, 0.6) is 0 Å². The standard InChI is InChI=1S/C25H20BrN3O3S2/c1-11-9-12(2)19-17(10-11)34-25(28-19)29-20(15-5-7-16(26)8-6-15)18(22(31)24(29)32)21(30)23-13(3)27-14(4)33-23/h5-10,20,31H,1-4H3. The van der Waals surface area contributed by atoms with Gasteiger partial charge in [0.15, 0.2) is 10.9 Å². The van der Waals surface area contributed by atoms with Gasteiger partial charge < -0.3 is 5.11 Å². The van der Waals surface area contributed by atoms with Crippen LogP contribution in [-0.2, 0) is 4.79 Å². The molecule has 3 heterocycles. The highest BCUT2D eigenvalue weighted by Gasteiger charge is 2.46. The topological polar surface area (TPSA) is 83.4 Å². The molecule has 1 aliphatic rings. The second kappa shape index (κ2) is 8.41. The first-order valence-corrected chi connectivity index (χ1v) is 13.0. The van der Waals surface area contributed by atoms with Gasteiger partial charge in [-0.15, -0.1) is 11.3 Å². The van der Waals surface area contributed by atoms with Gasteiger partial charge in [-0.2, -0.15) is 0 Å². The summed E-state index contributed by atoms with van der Waals surface area (Å²) in [6.45, 7) is 7.58. The van der Waals surface area contributed by atoms with E-state index in [1.807, 2.05) is 57.2 Å². The van der Waals surface area contributed by atoms with Gasteiger partial charge in [-0.3, -0.25) is 14.5 Å². The van der Waals surface area contributed by atoms with E-state index >= 15 is 0 Å². The summed E-state index contributed by atoms with van der Waals surface area (Å²) in [4.78, 5) is 38.1. The van der Waals surface area contributed by atoms with Crippen molar-refractivity contribution < 1.29 is 14.7 Å². The van der Waals surface area contributed by atoms with Crippen molar-refractivity contribution in [2.24, 2.45) is 0 Å². The van der Waals surface area contributed by atoms with Crippen LogP contribution in [0.25, 0.3) is 10.2 Å². The number of aliphatic hydroxyl groups is 1. The van der Waals surface area contributed by atoms with E-state index in [0.717, 1.165) is 30.8 Å². The fourth-order valence-corrected chi connectivity index (χ4v) is 6.63. The zero-order valence-corrected chi connectivity index (χ0v) is 22.1. The van der Waals surface area contributed by atoms with Crippen molar-refractivity contribution in [3.63, 3.8) is 0 Å². The van der Waals surface area contributed by atoms with E-state index in [0.29, 0.717) is 21.3 Å². The van der Waals surface area contributed by atoms with Gasteiger partial charge in [0.2, 0.25) is 5.78 Å². The molecule has 0 bridgehead atoms. The minimum Gasteiger partial charge on any atom is -0.503 e. The third-order valence-corrected chi connectivity index (χ3v) is 8.37. The minimum atomic E-state index is -0.808. The fraction of sp³-hybridized carbons (Fsp3) is 0.200. The number of Topliss-reactive ketones (excluding diaryl/α,β-unsaturated/α-hetero) is 1. The van der Waals surface area contributed by atoms with Gasteiger partial charge in [0.25, 0.3) is 5.91 Å². The number of rotatable bonds is 4. The van der Waals surface area contributed by atoms with Gasteiger partial charge in [-0.1, -0.05) is 45.5 Å². The van der Waals surface area contributed by atoms with Crippen molar-refractivity contribution in [3.05, 3.63) is 84.5 Å². The van der Waals surface area contributed by atoms with Crippen LogP contribution in [0, 0.1) is 27.7 Å². The van der Waals surface area contributed by atoms with E-state index in [1.165, 1.54) is 27.6 Å². The average molecular weight is 554 g/mol. The summed E-state index contributed by atoms with van der Waals surface area (Å²) in [5, 5.41) is 12.2. The minimum absolute atomic E-state index is 0.0474. The molecule has 0 aliphatic carbocycles. The molecule has 1 atom stereocenters. The number of ketones is 1. The molecule has 2 aromatic carbocycles. The Hall–Kier alpha value is -2.88. The van der Waals surface area contributed by atoms with Gasteiger partial charge >= 0.3 is 0 Å². The van der Waals surface area contributed by atoms with Gasteiger partial charge in [0.1, 0.15) is 0 Å². The number of thiazole rings is 2. The number of benzene rings is 2. The van der Waals surface area contributed by atoms with Crippen LogP contribution in [0.3, 0.4) is 0 Å². The molecule has 0 radical (unpaired) electrons. The molecule has 1 N–H and O–H groups in total. The van der Waals surface area contributed by atoms with Crippen LogP contribution in [-0.4, -0.2) is 26.8 Å². The predicted molar refractivity (Wildman–Crippen MR) is 139 cm³/mol. The number of anilines is 1. The number of aryl methyl sites for hydroxylation is 4. The third-order valence-electron chi connectivity index (χ3n) is 5.77. The Morgan fingerprint density at radius 1 is 1.06 bits per heavy atom. The molecular formula is C25H20BrN3O3S2. The monoisotopic (exact) mass is 553 g/mol. The number of amides is 1. The summed E-state index contributed by atoms with van der Waals surface area (Å²) in [6, 6.07) is 10.7. The first kappa shape index (κ1) is 22.9. The zero-order chi connectivity index (χ0) is 24.3. The number of carbonyl (C=O) groups is 2. The van der Waals surface area contributed by atoms with Gasteiger partial charge in [0, 0.05) is 4.47 Å². The highest BCUT2D eigenvalue weighted by atomic mass is 79.9. The number of halogens is 1. The van der Waals surface area contributed by atoms with E-state index in [9.17, 15) is 14.7 Å². The predicted octanol–water partition coefficient (Wildman–Crippen LogP) is 6.53. The van der Waals surface area contributed by atoms with Crippen LogP contribution in [0.4, 0.5) is 5.13 Å². The van der Waals surface area contributed by atoms with Crippen molar-refractivity contribution in [1.82, 2.24) is 9.97 Å². The lowest BCUT2D eigenvalue weighted by atomic mass is 9.95. The molecule has 34 heavy (non-hydrogen) atoms. The number of carbonyl (C=O) groups excluding carboxylic acids is 2. The number of aromatic nitrogens is 2. The second-order valence-corrected chi connectivity index (χ2v) is 11.4. The molecule has 5 rings (SSSR count). The smallest absolute Gasteiger partial charge is 0.296 e. The molecule has 9 heteroatoms. The molecule has 0 spiro atoms. The Bertz CT molecular complexity index is 1520. The van der Waals surface area contributed by atoms with Crippen molar-refractivity contribution in [2.75, 3.05) is 4.90 Å². The maximum absolute atomic E-state index is 13.7. The maximum atomic E-state index is 13.7. The Morgan fingerprint density at radius 2 is 1.76 bits per heavy atom. The first-order chi connectivity index (χ1) is 16.2. The maximum Gasteiger partial charge on any atom is 0.296 e. The molecule has 1 amide bonds. The Labute approximate surface area is 212 Å². The van der Waals surface area contributed by atoms with E-state index in [1.54, 1.807) is 6.92 Å². The van der Waals surface area contributed by atoms with Crippen LogP contribution in [0.2, 0.25) is 0 Å². The highest BCUT2D eigenvalue weighted by Crippen LogP contribution is 2.45. The number of fused-ring (bicyclic) bond motifs is 1. The number of aliphatic hydroxyl groups excluding tert-OH is 1. The Morgan fingerprint density at radius 3 is 2.41 bits per heavy atom. The van der Waals surface area contributed by atoms with Crippen molar-refractivity contribution in [2.45, 2.75) is 33.7 Å². The second-order valence-electron chi connectivity index (χ2n) is 8.29. The molecule has 2 aromatic heterocycles. The fourth-order valence-electron chi connectivity index (χ4n) is 4.32. The number of hydrogen-bond acceptors (Lipinski definition) is 7. The quantitative estimate of drug-likeness (QED) is 0.290. The van der Waals surface area contributed by atoms with Crippen LogP contribution >= 0.6 is 38.6 Å². The summed E-state index contributed by atoms with van der Waals surface area (Å²) < 4.78 is 1.82. The molecule has 1 aliphatic heterocycles. The van der Waals surface area contributed by atoms with Crippen molar-refractivity contribution in [3.8, 4) is 0 Å². The largest absolute Gasteiger partial charge is 0.503 e. The lowest BCUT2D eigenvalue weighted by Crippen LogP contribution is -2.31. The normalized spacial score (nSPS) is 16.2. The van der Waals surface area contributed by atoms with Gasteiger partial charge in [0.05, 0.1) is 37.4 Å². The van der Waals surface area contributed by atoms with E-state index in [-0.39, 0.29) is 5.57 Å². The number of nitrogens with zero attached hydrogens (tertiary/aromatic N) is 3. The molecule has 1 unspecified atom stereocenters. The third kappa shape index (κ3) is 3.68. The summed E-state index contributed by atoms with van der Waals surface area (Å²) in [5.74, 6) is -1.57. The van der Waals surface area contributed by atoms with Crippen molar-refractivity contribution >= 4 is 65.6 Å². The van der Waals surface area contributed by atoms with Crippen LogP contribution < -0.4 is 4.90 Å². The summed E-state index contributed by atoms with van der Waals surface area (Å²) in [7, 11) is 0. The van der Waals surface area contributed by atoms with Crippen molar-refractivity contribution in [1.29, 1.82) is 0 Å². The molecule has 172 valence electrons. The zero-order valence-electron chi connectivity index (χ0n) is 18.8. The van der Waals surface area contributed by atoms with Crippen LogP contribution in [0.1, 0.15) is 43.1 Å². The van der Waals surface area contributed by atoms with E-state index in [4.69, 9.17) is 4.98 Å². The van der Waals surface area contributed by atoms with E-state index < -0.39 is 23.5 Å². The molecule has 6 nitrogen and oxygen atoms in total. The van der Waals surface area contributed by atoms with E-state index in [2.05, 4.69) is 20.9 Å². The lowest BCUT2D eigenvalue weighted by Gasteiger charge is -2.24. The summed E-state index contributed by atoms with van der Waals surface area (Å²) in [6.07, 6.45) is 0. The van der Waals surface area contributed by atoms with Gasteiger partial charge in [-0.25, -0.2) is 9.97 Å². The SMILES string of the molecule is Cc1cc(C)c2nc(N3C(=O)C(O)=C(C(=O)c4sc(C)nc4C)C3c3ccc(Br)cc3)sc2c1. The van der Waals surface area contributed by atoms with Gasteiger partial charge in [-0.05, 0) is 62.6 Å². The molecule has 4 aromatic rings. The molecule has 0 saturated heterocycles. The summed E-state index contributed by atoms with van der Waals surface area (Å²) in [5.41, 5.74) is 4.25. The first-order valence-electron chi connectivity index (χ1n) is 10.5. The molecular weight excluding hydrogens is 534 g/mol. The van der Waals surface area contributed by atoms with Crippen LogP contribution in [0.15, 0.2) is 52.2 Å². The lowest BCUT2D eigenvalue weighted by molar-refractivity contribution is -0.117. The molecule has 0 saturated carbocycles. The Kier molecular flexibility index (Phi) is 5.66. The highest BCUT2D eigenvalue weighted by molar-refractivity contribution is 9.10.